The van der Waals surface area contributed by atoms with Crippen molar-refractivity contribution < 1.29 is 9.18 Å². The Hall–Kier alpha value is -3.24. The second-order valence-electron chi connectivity index (χ2n) is 8.87. The van der Waals surface area contributed by atoms with Gasteiger partial charge in [-0.05, 0) is 75.9 Å². The highest BCUT2D eigenvalue weighted by molar-refractivity contribution is 6.32. The van der Waals surface area contributed by atoms with Gasteiger partial charge < -0.3 is 16.0 Å². The summed E-state index contributed by atoms with van der Waals surface area (Å²) in [6.45, 7) is 7.37. The summed E-state index contributed by atoms with van der Waals surface area (Å²) in [5.41, 5.74) is 3.17. The van der Waals surface area contributed by atoms with Crippen molar-refractivity contribution in [1.29, 1.82) is 0 Å². The van der Waals surface area contributed by atoms with Gasteiger partial charge in [0.05, 0.1) is 17.9 Å². The van der Waals surface area contributed by atoms with E-state index in [1.54, 1.807) is 19.2 Å². The van der Waals surface area contributed by atoms with Crippen LogP contribution in [0.5, 0.6) is 0 Å². The van der Waals surface area contributed by atoms with E-state index in [0.29, 0.717) is 22.3 Å². The lowest BCUT2D eigenvalue weighted by molar-refractivity contribution is -0.125. The van der Waals surface area contributed by atoms with E-state index >= 15 is 4.39 Å². The van der Waals surface area contributed by atoms with Crippen molar-refractivity contribution in [3.8, 4) is 0 Å². The van der Waals surface area contributed by atoms with Crippen LogP contribution < -0.4 is 16.0 Å². The average Bonchev–Trinajstić information content (AvgIpc) is 3.26. The van der Waals surface area contributed by atoms with E-state index in [0.717, 1.165) is 42.8 Å². The SMILES string of the molecule is CNC(=O)[C@@H](C)N1CCC(c2cc(F)c(Nc3ncc(Cl)c(Nc4cc(C)[nH]n4)n3)cc2C)CC1. The fourth-order valence-electron chi connectivity index (χ4n) is 4.44. The molecular formula is C24H30ClFN8O. The van der Waals surface area contributed by atoms with Gasteiger partial charge in [0.15, 0.2) is 11.6 Å². The number of H-pyrrole nitrogens is 1. The molecule has 1 aliphatic heterocycles. The molecule has 2 aromatic heterocycles. The van der Waals surface area contributed by atoms with Gasteiger partial charge in [0.2, 0.25) is 11.9 Å². The zero-order valence-corrected chi connectivity index (χ0v) is 21.0. The van der Waals surface area contributed by atoms with E-state index in [4.69, 9.17) is 11.6 Å². The quantitative estimate of drug-likeness (QED) is 0.380. The Balaban J connectivity index is 1.46. The van der Waals surface area contributed by atoms with Crippen LogP contribution in [0.2, 0.25) is 5.02 Å². The number of likely N-dealkylation sites (N-methyl/N-ethyl adjacent to an activating group) is 1. The fourth-order valence-corrected chi connectivity index (χ4v) is 4.58. The molecule has 1 aromatic carbocycles. The van der Waals surface area contributed by atoms with Gasteiger partial charge >= 0.3 is 0 Å². The third-order valence-corrected chi connectivity index (χ3v) is 6.72. The Morgan fingerprint density at radius 3 is 2.63 bits per heavy atom. The maximum Gasteiger partial charge on any atom is 0.236 e. The molecular weight excluding hydrogens is 471 g/mol. The molecule has 1 saturated heterocycles. The van der Waals surface area contributed by atoms with Gasteiger partial charge in [0.1, 0.15) is 10.8 Å². The average molecular weight is 501 g/mol. The number of hydrogen-bond acceptors (Lipinski definition) is 7. The molecule has 9 nitrogen and oxygen atoms in total. The number of anilines is 4. The number of nitrogens with one attached hydrogen (secondary N) is 4. The van der Waals surface area contributed by atoms with Gasteiger partial charge in [0, 0.05) is 18.8 Å². The summed E-state index contributed by atoms with van der Waals surface area (Å²) in [6, 6.07) is 5.03. The highest BCUT2D eigenvalue weighted by Crippen LogP contribution is 2.34. The predicted octanol–water partition coefficient (Wildman–Crippen LogP) is 4.41. The number of amides is 1. The monoisotopic (exact) mass is 500 g/mol. The summed E-state index contributed by atoms with van der Waals surface area (Å²) in [7, 11) is 1.65. The third-order valence-electron chi connectivity index (χ3n) is 6.44. The summed E-state index contributed by atoms with van der Waals surface area (Å²) in [5.74, 6) is 1.03. The van der Waals surface area contributed by atoms with E-state index in [1.807, 2.05) is 26.8 Å². The molecule has 4 rings (SSSR count). The molecule has 4 N–H and O–H groups in total. The van der Waals surface area contributed by atoms with Gasteiger partial charge in [-0.1, -0.05) is 11.6 Å². The third kappa shape index (κ3) is 5.71. The van der Waals surface area contributed by atoms with Crippen molar-refractivity contribution in [2.45, 2.75) is 45.6 Å². The van der Waals surface area contributed by atoms with Gasteiger partial charge in [-0.25, -0.2) is 9.37 Å². The van der Waals surface area contributed by atoms with E-state index < -0.39 is 0 Å². The van der Waals surface area contributed by atoms with Crippen LogP contribution in [0.4, 0.5) is 27.7 Å². The van der Waals surface area contributed by atoms with Crippen molar-refractivity contribution in [2.75, 3.05) is 30.8 Å². The van der Waals surface area contributed by atoms with Crippen LogP contribution in [-0.2, 0) is 4.79 Å². The molecule has 1 amide bonds. The number of carbonyl (C=O) groups excluding carboxylic acids is 1. The second kappa shape index (κ2) is 10.6. The van der Waals surface area contributed by atoms with Crippen LogP contribution in [-0.4, -0.2) is 57.2 Å². The first kappa shape index (κ1) is 24.9. The zero-order chi connectivity index (χ0) is 25.1. The minimum absolute atomic E-state index is 0.0170. The van der Waals surface area contributed by atoms with Crippen molar-refractivity contribution >= 4 is 40.8 Å². The number of nitrogens with zero attached hydrogens (tertiary/aromatic N) is 4. The molecule has 11 heteroatoms. The number of hydrogen-bond donors (Lipinski definition) is 4. The molecule has 0 unspecified atom stereocenters. The summed E-state index contributed by atoms with van der Waals surface area (Å²) in [6.07, 6.45) is 3.19. The van der Waals surface area contributed by atoms with Crippen molar-refractivity contribution in [3.63, 3.8) is 0 Å². The molecule has 3 heterocycles. The van der Waals surface area contributed by atoms with Crippen LogP contribution in [0.3, 0.4) is 0 Å². The highest BCUT2D eigenvalue weighted by atomic mass is 35.5. The Bertz CT molecular complexity index is 1210. The molecule has 0 bridgehead atoms. The zero-order valence-electron chi connectivity index (χ0n) is 20.2. The van der Waals surface area contributed by atoms with Gasteiger partial charge in [-0.15, -0.1) is 0 Å². The normalized spacial score (nSPS) is 15.6. The number of benzene rings is 1. The van der Waals surface area contributed by atoms with E-state index in [1.165, 1.54) is 6.20 Å². The minimum Gasteiger partial charge on any atom is -0.358 e. The van der Waals surface area contributed by atoms with Crippen LogP contribution in [0.25, 0.3) is 0 Å². The predicted molar refractivity (Wildman–Crippen MR) is 135 cm³/mol. The van der Waals surface area contributed by atoms with Crippen LogP contribution >= 0.6 is 11.6 Å². The minimum atomic E-state index is -0.372. The topological polar surface area (TPSA) is 111 Å². The molecule has 186 valence electrons. The maximum absolute atomic E-state index is 15.1. The summed E-state index contributed by atoms with van der Waals surface area (Å²) >= 11 is 6.22. The number of aromatic amines is 1. The number of halogens is 2. The number of rotatable bonds is 7. The summed E-state index contributed by atoms with van der Waals surface area (Å²) < 4.78 is 15.1. The molecule has 0 saturated carbocycles. The van der Waals surface area contributed by atoms with E-state index in [2.05, 4.69) is 41.0 Å². The van der Waals surface area contributed by atoms with Crippen LogP contribution in [0, 0.1) is 19.7 Å². The number of carbonyl (C=O) groups is 1. The lowest BCUT2D eigenvalue weighted by atomic mass is 9.86. The van der Waals surface area contributed by atoms with Crippen molar-refractivity contribution in [3.05, 3.63) is 52.1 Å². The smallest absolute Gasteiger partial charge is 0.236 e. The molecule has 0 radical (unpaired) electrons. The number of likely N-dealkylation sites (tertiary alicyclic amines) is 1. The van der Waals surface area contributed by atoms with Crippen molar-refractivity contribution in [2.24, 2.45) is 0 Å². The van der Waals surface area contributed by atoms with Gasteiger partial charge in [-0.2, -0.15) is 10.1 Å². The summed E-state index contributed by atoms with van der Waals surface area (Å²) in [4.78, 5) is 22.7. The van der Waals surface area contributed by atoms with Gasteiger partial charge in [0.25, 0.3) is 0 Å². The largest absolute Gasteiger partial charge is 0.358 e. The Morgan fingerprint density at radius 1 is 1.23 bits per heavy atom. The number of aryl methyl sites for hydroxylation is 2. The van der Waals surface area contributed by atoms with Gasteiger partial charge in [-0.3, -0.25) is 14.8 Å². The Morgan fingerprint density at radius 2 is 1.97 bits per heavy atom. The molecule has 0 aliphatic carbocycles. The molecule has 0 spiro atoms. The first-order chi connectivity index (χ1) is 16.7. The Labute approximate surface area is 208 Å². The molecule has 1 atom stereocenters. The van der Waals surface area contributed by atoms with Crippen LogP contribution in [0.15, 0.2) is 24.4 Å². The first-order valence-electron chi connectivity index (χ1n) is 11.6. The maximum atomic E-state index is 15.1. The van der Waals surface area contributed by atoms with E-state index in [-0.39, 0.29) is 29.6 Å². The lowest BCUT2D eigenvalue weighted by Crippen LogP contribution is -2.47. The molecule has 1 aliphatic rings. The highest BCUT2D eigenvalue weighted by Gasteiger charge is 2.28. The standard InChI is InChI=1S/C24H30ClFN8O/c1-13-9-20(29-24-28-12-18(25)22(31-24)30-21-10-14(2)32-33-21)19(26)11-17(13)16-5-7-34(8-6-16)15(3)23(35)27-4/h9-12,15-16H,5-8H2,1-4H3,(H,27,35)(H3,28,29,30,31,32,33)/t15-/m1/s1. The first-order valence-corrected chi connectivity index (χ1v) is 12.0. The second-order valence-corrected chi connectivity index (χ2v) is 9.27. The molecule has 35 heavy (non-hydrogen) atoms. The summed E-state index contributed by atoms with van der Waals surface area (Å²) in [5, 5.41) is 16.0. The van der Waals surface area contributed by atoms with Crippen LogP contribution in [0.1, 0.15) is 42.5 Å². The lowest BCUT2D eigenvalue weighted by Gasteiger charge is -2.35. The van der Waals surface area contributed by atoms with Crippen molar-refractivity contribution in [1.82, 2.24) is 30.4 Å². The van der Waals surface area contributed by atoms with E-state index in [9.17, 15) is 4.79 Å². The molecule has 3 aromatic rings. The fraction of sp³-hybridized carbons (Fsp3) is 0.417. The number of aromatic nitrogens is 4. The molecule has 1 fully saturated rings. The Kier molecular flexibility index (Phi) is 7.51. The number of piperidine rings is 1.